The number of ketones is 1. The van der Waals surface area contributed by atoms with Crippen molar-refractivity contribution in [3.63, 3.8) is 0 Å². The van der Waals surface area contributed by atoms with E-state index in [-0.39, 0.29) is 11.3 Å². The highest BCUT2D eigenvalue weighted by Crippen LogP contribution is 2.44. The van der Waals surface area contributed by atoms with E-state index in [1.807, 2.05) is 62.5 Å². The maximum atomic E-state index is 13.1. The fourth-order valence-electron chi connectivity index (χ4n) is 3.64. The fraction of sp³-hybridized carbons (Fsp3) is 0.167. The number of carbonyl (C=O) groups is 2. The maximum absolute atomic E-state index is 13.1. The van der Waals surface area contributed by atoms with Crippen molar-refractivity contribution in [3.05, 3.63) is 92.7 Å². The van der Waals surface area contributed by atoms with Gasteiger partial charge in [-0.25, -0.2) is 0 Å². The number of benzene rings is 2. The summed E-state index contributed by atoms with van der Waals surface area (Å²) in [6, 6.07) is 16.0. The number of amides is 1. The van der Waals surface area contributed by atoms with Crippen molar-refractivity contribution in [1.82, 2.24) is 0 Å². The highest BCUT2D eigenvalue weighted by Gasteiger charge is 2.47. The molecular formula is C24H21NO3S. The number of hydrogen-bond donors (Lipinski definition) is 1. The van der Waals surface area contributed by atoms with Crippen LogP contribution in [-0.2, 0) is 9.59 Å². The Labute approximate surface area is 173 Å². The Bertz CT molecular complexity index is 1140. The first kappa shape index (κ1) is 19.2. The number of aliphatic hydroxyl groups is 1. The van der Waals surface area contributed by atoms with E-state index < -0.39 is 17.7 Å². The van der Waals surface area contributed by atoms with E-state index in [0.29, 0.717) is 11.3 Å². The number of Topliss-reactive ketones (excluding diaryl/α,β-unsaturated/α-hetero) is 1. The van der Waals surface area contributed by atoms with Gasteiger partial charge in [0.05, 0.1) is 5.57 Å². The molecule has 5 heteroatoms. The summed E-state index contributed by atoms with van der Waals surface area (Å²) in [6.45, 7) is 5.89. The van der Waals surface area contributed by atoms with Gasteiger partial charge in [-0.3, -0.25) is 14.5 Å². The number of hydrogen-bond acceptors (Lipinski definition) is 4. The highest BCUT2D eigenvalue weighted by molar-refractivity contribution is 7.10. The Morgan fingerprint density at radius 3 is 2.28 bits per heavy atom. The van der Waals surface area contributed by atoms with Crippen molar-refractivity contribution in [2.45, 2.75) is 26.8 Å². The van der Waals surface area contributed by atoms with Crippen molar-refractivity contribution >= 4 is 34.5 Å². The second-order valence-corrected chi connectivity index (χ2v) is 8.22. The van der Waals surface area contributed by atoms with Gasteiger partial charge in [0.15, 0.2) is 0 Å². The number of thiophene rings is 1. The van der Waals surface area contributed by atoms with Crippen LogP contribution in [-0.4, -0.2) is 16.8 Å². The number of carbonyl (C=O) groups excluding carboxylic acids is 2. The molecule has 0 saturated carbocycles. The van der Waals surface area contributed by atoms with Crippen LogP contribution < -0.4 is 4.90 Å². The van der Waals surface area contributed by atoms with Crippen LogP contribution >= 0.6 is 11.3 Å². The van der Waals surface area contributed by atoms with Gasteiger partial charge in [-0.05, 0) is 67.1 Å². The number of nitrogens with zero attached hydrogens (tertiary/aromatic N) is 1. The van der Waals surface area contributed by atoms with Crippen LogP contribution in [0, 0.1) is 20.8 Å². The van der Waals surface area contributed by atoms with E-state index in [2.05, 4.69) is 0 Å². The van der Waals surface area contributed by atoms with E-state index in [9.17, 15) is 14.7 Å². The molecule has 1 aromatic heterocycles. The normalized spacial score (nSPS) is 18.4. The predicted molar refractivity (Wildman–Crippen MR) is 116 cm³/mol. The summed E-state index contributed by atoms with van der Waals surface area (Å²) in [7, 11) is 0. The predicted octanol–water partition coefficient (Wildman–Crippen LogP) is 5.30. The molecule has 2 heterocycles. The third-order valence-electron chi connectivity index (χ3n) is 5.41. The van der Waals surface area contributed by atoms with Crippen molar-refractivity contribution in [1.29, 1.82) is 0 Å². The molecule has 1 fully saturated rings. The minimum atomic E-state index is -0.664. The molecule has 0 spiro atoms. The molecule has 1 aliphatic heterocycles. The molecule has 1 aliphatic rings. The molecule has 2 aromatic carbocycles. The molecule has 1 amide bonds. The quantitative estimate of drug-likeness (QED) is 0.367. The van der Waals surface area contributed by atoms with Crippen LogP contribution in [0.3, 0.4) is 0 Å². The van der Waals surface area contributed by atoms with Crippen LogP contribution in [0.2, 0.25) is 0 Å². The third-order valence-corrected chi connectivity index (χ3v) is 6.48. The Kier molecular flexibility index (Phi) is 4.84. The van der Waals surface area contributed by atoms with E-state index in [1.54, 1.807) is 18.2 Å². The SMILES string of the molecule is Cc1ccc(/C(O)=C2/C(=O)C(=O)N(c3ccccc3)C2c2sccc2C)cc1C. The summed E-state index contributed by atoms with van der Waals surface area (Å²) < 4.78 is 0. The molecule has 4 nitrogen and oxygen atoms in total. The zero-order chi connectivity index (χ0) is 20.7. The first-order valence-corrected chi connectivity index (χ1v) is 10.3. The van der Waals surface area contributed by atoms with Gasteiger partial charge in [0.1, 0.15) is 11.8 Å². The van der Waals surface area contributed by atoms with Crippen LogP contribution in [0.15, 0.2) is 65.6 Å². The lowest BCUT2D eigenvalue weighted by Crippen LogP contribution is -2.29. The van der Waals surface area contributed by atoms with E-state index in [1.165, 1.54) is 16.2 Å². The topological polar surface area (TPSA) is 57.6 Å². The van der Waals surface area contributed by atoms with E-state index in [0.717, 1.165) is 21.6 Å². The summed E-state index contributed by atoms with van der Waals surface area (Å²) in [5.74, 6) is -1.43. The van der Waals surface area contributed by atoms with Gasteiger partial charge in [0.2, 0.25) is 0 Å². The van der Waals surface area contributed by atoms with Crippen molar-refractivity contribution < 1.29 is 14.7 Å². The fourth-order valence-corrected chi connectivity index (χ4v) is 4.67. The minimum absolute atomic E-state index is 0.132. The van der Waals surface area contributed by atoms with Gasteiger partial charge >= 0.3 is 0 Å². The Balaban J connectivity index is 1.96. The average Bonchev–Trinajstić information content (AvgIpc) is 3.25. The molecule has 146 valence electrons. The third kappa shape index (κ3) is 3.17. The van der Waals surface area contributed by atoms with E-state index in [4.69, 9.17) is 0 Å². The molecule has 1 atom stereocenters. The summed E-state index contributed by atoms with van der Waals surface area (Å²) in [6.07, 6.45) is 0. The second kappa shape index (κ2) is 7.33. The van der Waals surface area contributed by atoms with Crippen molar-refractivity contribution in [2.24, 2.45) is 0 Å². The molecule has 1 unspecified atom stereocenters. The van der Waals surface area contributed by atoms with Gasteiger partial charge < -0.3 is 5.11 Å². The molecular weight excluding hydrogens is 382 g/mol. The summed E-state index contributed by atoms with van der Waals surface area (Å²) in [4.78, 5) is 28.5. The molecule has 0 aliphatic carbocycles. The molecule has 1 saturated heterocycles. The number of anilines is 1. The number of para-hydroxylation sites is 1. The van der Waals surface area contributed by atoms with Crippen molar-refractivity contribution in [2.75, 3.05) is 4.90 Å². The summed E-state index contributed by atoms with van der Waals surface area (Å²) in [5, 5.41) is 13.1. The van der Waals surface area contributed by atoms with E-state index >= 15 is 0 Å². The lowest BCUT2D eigenvalue weighted by atomic mass is 9.96. The molecule has 0 bridgehead atoms. The van der Waals surface area contributed by atoms with Crippen LogP contribution in [0.25, 0.3) is 5.76 Å². The zero-order valence-electron chi connectivity index (χ0n) is 16.5. The number of aliphatic hydroxyl groups excluding tert-OH is 1. The molecule has 3 aromatic rings. The minimum Gasteiger partial charge on any atom is -0.507 e. The Morgan fingerprint density at radius 1 is 0.931 bits per heavy atom. The molecule has 4 rings (SSSR count). The van der Waals surface area contributed by atoms with Gasteiger partial charge in [0, 0.05) is 16.1 Å². The Morgan fingerprint density at radius 2 is 1.66 bits per heavy atom. The summed E-state index contributed by atoms with van der Waals surface area (Å²) in [5.41, 5.74) is 4.39. The standard InChI is InChI=1S/C24H21NO3S/c1-14-9-10-17(13-16(14)3)21(26)19-20(23-15(2)11-12-29-23)25(24(28)22(19)27)18-7-5-4-6-8-18/h4-13,20,26H,1-3H3/b21-19-. The van der Waals surface area contributed by atoms with Gasteiger partial charge in [-0.15, -0.1) is 11.3 Å². The maximum Gasteiger partial charge on any atom is 0.300 e. The smallest absolute Gasteiger partial charge is 0.300 e. The number of rotatable bonds is 3. The first-order chi connectivity index (χ1) is 13.9. The highest BCUT2D eigenvalue weighted by atomic mass is 32.1. The summed E-state index contributed by atoms with van der Waals surface area (Å²) >= 11 is 1.48. The molecule has 29 heavy (non-hydrogen) atoms. The largest absolute Gasteiger partial charge is 0.507 e. The second-order valence-electron chi connectivity index (χ2n) is 7.27. The van der Waals surface area contributed by atoms with Gasteiger partial charge in [-0.2, -0.15) is 0 Å². The van der Waals surface area contributed by atoms with Crippen molar-refractivity contribution in [3.8, 4) is 0 Å². The lowest BCUT2D eigenvalue weighted by Gasteiger charge is -2.25. The molecule has 1 N–H and O–H groups in total. The lowest BCUT2D eigenvalue weighted by molar-refractivity contribution is -0.132. The van der Waals surface area contributed by atoms with Crippen LogP contribution in [0.5, 0.6) is 0 Å². The average molecular weight is 404 g/mol. The zero-order valence-corrected chi connectivity index (χ0v) is 17.3. The number of aryl methyl sites for hydroxylation is 3. The Hall–Kier alpha value is -3.18. The van der Waals surface area contributed by atoms with Crippen LogP contribution in [0.4, 0.5) is 5.69 Å². The van der Waals surface area contributed by atoms with Crippen LogP contribution in [0.1, 0.15) is 33.2 Å². The molecule has 0 radical (unpaired) electrons. The first-order valence-electron chi connectivity index (χ1n) is 9.38. The van der Waals surface area contributed by atoms with Gasteiger partial charge in [-0.1, -0.05) is 30.3 Å². The monoisotopic (exact) mass is 403 g/mol. The van der Waals surface area contributed by atoms with Gasteiger partial charge in [0.25, 0.3) is 11.7 Å².